The Morgan fingerprint density at radius 3 is 2.70 bits per heavy atom. The van der Waals surface area contributed by atoms with Crippen LogP contribution < -0.4 is 5.32 Å². The summed E-state index contributed by atoms with van der Waals surface area (Å²) in [7, 11) is 1.21. The van der Waals surface area contributed by atoms with E-state index in [1.54, 1.807) is 0 Å². The average molecular weight is 285 g/mol. The summed E-state index contributed by atoms with van der Waals surface area (Å²) in [4.78, 5) is 22.2. The van der Waals surface area contributed by atoms with Gasteiger partial charge in [0.1, 0.15) is 5.82 Å². The number of amides is 1. The highest BCUT2D eigenvalue weighted by Crippen LogP contribution is 2.17. The van der Waals surface area contributed by atoms with Crippen molar-refractivity contribution in [1.82, 2.24) is 5.32 Å². The number of carboxylic acid groups (broad SMARTS) is 1. The number of nitrogens with one attached hydrogen (secondary N) is 1. The molecule has 0 spiro atoms. The SMILES string of the molecule is COC(CNC(=O)CC(O)c1cccc(F)c1)C(=O)O. The molecule has 0 bridgehead atoms. The van der Waals surface area contributed by atoms with Crippen LogP contribution in [0.15, 0.2) is 24.3 Å². The topological polar surface area (TPSA) is 95.9 Å². The molecule has 2 unspecified atom stereocenters. The number of carbonyl (C=O) groups is 2. The number of benzene rings is 1. The lowest BCUT2D eigenvalue weighted by molar-refractivity contribution is -0.148. The van der Waals surface area contributed by atoms with Gasteiger partial charge in [-0.2, -0.15) is 0 Å². The maximum atomic E-state index is 13.0. The third-order valence-electron chi connectivity index (χ3n) is 2.66. The minimum absolute atomic E-state index is 0.208. The molecule has 0 saturated heterocycles. The second-order valence-corrected chi connectivity index (χ2v) is 4.14. The van der Waals surface area contributed by atoms with Crippen LogP contribution >= 0.6 is 0 Å². The number of halogens is 1. The van der Waals surface area contributed by atoms with Crippen molar-refractivity contribution in [2.24, 2.45) is 0 Å². The van der Waals surface area contributed by atoms with E-state index in [0.29, 0.717) is 0 Å². The van der Waals surface area contributed by atoms with Gasteiger partial charge in [-0.1, -0.05) is 12.1 Å². The number of aliphatic hydroxyl groups is 1. The molecule has 0 fully saturated rings. The van der Waals surface area contributed by atoms with Gasteiger partial charge in [-0.15, -0.1) is 0 Å². The quantitative estimate of drug-likeness (QED) is 0.676. The van der Waals surface area contributed by atoms with E-state index in [1.807, 2.05) is 0 Å². The maximum Gasteiger partial charge on any atom is 0.334 e. The van der Waals surface area contributed by atoms with Gasteiger partial charge in [0.05, 0.1) is 19.1 Å². The summed E-state index contributed by atoms with van der Waals surface area (Å²) in [6, 6.07) is 5.28. The first kappa shape index (κ1) is 16.1. The Balaban J connectivity index is 2.48. The molecule has 1 amide bonds. The fraction of sp³-hybridized carbons (Fsp3) is 0.385. The summed E-state index contributed by atoms with van der Waals surface area (Å²) in [6.45, 7) is -0.208. The molecule has 0 saturated carbocycles. The Hall–Kier alpha value is -1.99. The number of carbonyl (C=O) groups excluding carboxylic acids is 1. The van der Waals surface area contributed by atoms with E-state index in [0.717, 1.165) is 6.07 Å². The lowest BCUT2D eigenvalue weighted by Gasteiger charge is -2.14. The number of methoxy groups -OCH3 is 1. The fourth-order valence-electron chi connectivity index (χ4n) is 1.56. The predicted molar refractivity (Wildman–Crippen MR) is 67.4 cm³/mol. The van der Waals surface area contributed by atoms with Crippen LogP contribution in [0, 0.1) is 5.82 Å². The van der Waals surface area contributed by atoms with E-state index < -0.39 is 29.9 Å². The largest absolute Gasteiger partial charge is 0.479 e. The summed E-state index contributed by atoms with van der Waals surface area (Å²) in [5.41, 5.74) is 0.279. The van der Waals surface area contributed by atoms with Crippen molar-refractivity contribution in [2.45, 2.75) is 18.6 Å². The van der Waals surface area contributed by atoms with Crippen molar-refractivity contribution in [2.75, 3.05) is 13.7 Å². The van der Waals surface area contributed by atoms with E-state index in [2.05, 4.69) is 10.1 Å². The third kappa shape index (κ3) is 4.94. The van der Waals surface area contributed by atoms with Gasteiger partial charge in [0.2, 0.25) is 5.91 Å². The number of ether oxygens (including phenoxy) is 1. The number of hydrogen-bond acceptors (Lipinski definition) is 4. The molecule has 20 heavy (non-hydrogen) atoms. The number of carboxylic acids is 1. The Morgan fingerprint density at radius 1 is 1.45 bits per heavy atom. The highest BCUT2D eigenvalue weighted by atomic mass is 19.1. The van der Waals surface area contributed by atoms with Crippen LogP contribution in [0.2, 0.25) is 0 Å². The zero-order chi connectivity index (χ0) is 15.1. The van der Waals surface area contributed by atoms with Crippen LogP contribution in [0.3, 0.4) is 0 Å². The van der Waals surface area contributed by atoms with Gasteiger partial charge in [0, 0.05) is 7.11 Å². The van der Waals surface area contributed by atoms with Crippen molar-refractivity contribution in [3.05, 3.63) is 35.6 Å². The van der Waals surface area contributed by atoms with Crippen LogP contribution in [0.25, 0.3) is 0 Å². The molecule has 110 valence electrons. The predicted octanol–water partition coefficient (Wildman–Crippen LogP) is 0.465. The van der Waals surface area contributed by atoms with Crippen molar-refractivity contribution in [3.8, 4) is 0 Å². The molecule has 0 aromatic heterocycles. The first-order chi connectivity index (χ1) is 9.43. The molecule has 1 aromatic rings. The van der Waals surface area contributed by atoms with Gasteiger partial charge >= 0.3 is 5.97 Å². The number of rotatable bonds is 7. The van der Waals surface area contributed by atoms with E-state index >= 15 is 0 Å². The van der Waals surface area contributed by atoms with Crippen molar-refractivity contribution < 1.29 is 28.9 Å². The van der Waals surface area contributed by atoms with Crippen LogP contribution in [0.1, 0.15) is 18.1 Å². The summed E-state index contributed by atoms with van der Waals surface area (Å²) in [6.07, 6.45) is -2.60. The van der Waals surface area contributed by atoms with Gasteiger partial charge in [0.25, 0.3) is 0 Å². The van der Waals surface area contributed by atoms with Crippen molar-refractivity contribution in [3.63, 3.8) is 0 Å². The van der Waals surface area contributed by atoms with Crippen LogP contribution in [-0.4, -0.2) is 41.8 Å². The Labute approximate surface area is 115 Å². The molecule has 0 aliphatic rings. The van der Waals surface area contributed by atoms with E-state index in [4.69, 9.17) is 5.11 Å². The number of aliphatic hydroxyl groups excluding tert-OH is 1. The molecule has 0 radical (unpaired) electrons. The van der Waals surface area contributed by atoms with Gasteiger partial charge in [0.15, 0.2) is 6.10 Å². The molecule has 1 rings (SSSR count). The smallest absolute Gasteiger partial charge is 0.334 e. The normalized spacial score (nSPS) is 13.6. The van der Waals surface area contributed by atoms with Crippen LogP contribution in [0.5, 0.6) is 0 Å². The van der Waals surface area contributed by atoms with Crippen LogP contribution in [0.4, 0.5) is 4.39 Å². The second kappa shape index (κ2) is 7.56. The first-order valence-electron chi connectivity index (χ1n) is 5.90. The monoisotopic (exact) mass is 285 g/mol. The number of aliphatic carboxylic acids is 1. The molecule has 3 N–H and O–H groups in total. The molecular weight excluding hydrogens is 269 g/mol. The summed E-state index contributed by atoms with van der Waals surface area (Å²) in [5, 5.41) is 20.8. The highest BCUT2D eigenvalue weighted by Gasteiger charge is 2.19. The van der Waals surface area contributed by atoms with E-state index in [-0.39, 0.29) is 18.5 Å². The second-order valence-electron chi connectivity index (χ2n) is 4.14. The molecule has 1 aromatic carbocycles. The molecule has 0 heterocycles. The van der Waals surface area contributed by atoms with Gasteiger partial charge in [-0.25, -0.2) is 9.18 Å². The zero-order valence-corrected chi connectivity index (χ0v) is 10.9. The van der Waals surface area contributed by atoms with Gasteiger partial charge < -0.3 is 20.3 Å². The molecule has 6 nitrogen and oxygen atoms in total. The van der Waals surface area contributed by atoms with Crippen molar-refractivity contribution >= 4 is 11.9 Å². The zero-order valence-electron chi connectivity index (χ0n) is 10.9. The first-order valence-corrected chi connectivity index (χ1v) is 5.90. The fourth-order valence-corrected chi connectivity index (χ4v) is 1.56. The van der Waals surface area contributed by atoms with E-state index in [1.165, 1.54) is 25.3 Å². The molecular formula is C13H16FNO5. The lowest BCUT2D eigenvalue weighted by atomic mass is 10.1. The Kier molecular flexibility index (Phi) is 6.08. The van der Waals surface area contributed by atoms with Gasteiger partial charge in [-0.3, -0.25) is 4.79 Å². The summed E-state index contributed by atoms with van der Waals surface area (Å²) < 4.78 is 17.6. The van der Waals surface area contributed by atoms with Crippen molar-refractivity contribution in [1.29, 1.82) is 0 Å². The number of hydrogen-bond donors (Lipinski definition) is 3. The minimum atomic E-state index is -1.20. The Morgan fingerprint density at radius 2 is 2.15 bits per heavy atom. The minimum Gasteiger partial charge on any atom is -0.479 e. The lowest BCUT2D eigenvalue weighted by Crippen LogP contribution is -2.38. The molecule has 7 heteroatoms. The molecule has 0 aliphatic heterocycles. The maximum absolute atomic E-state index is 13.0. The Bertz CT molecular complexity index is 480. The highest BCUT2D eigenvalue weighted by molar-refractivity contribution is 5.78. The standard InChI is InChI=1S/C13H16FNO5/c1-20-11(13(18)19)7-15-12(17)6-10(16)8-3-2-4-9(14)5-8/h2-5,10-11,16H,6-7H2,1H3,(H,15,17)(H,18,19). The molecule has 2 atom stereocenters. The molecule has 0 aliphatic carbocycles. The average Bonchev–Trinajstić information content (AvgIpc) is 2.38. The van der Waals surface area contributed by atoms with Gasteiger partial charge in [-0.05, 0) is 17.7 Å². The summed E-state index contributed by atoms with van der Waals surface area (Å²) >= 11 is 0. The van der Waals surface area contributed by atoms with E-state index in [9.17, 15) is 19.1 Å². The van der Waals surface area contributed by atoms with Crippen LogP contribution in [-0.2, 0) is 14.3 Å². The third-order valence-corrected chi connectivity index (χ3v) is 2.66. The summed E-state index contributed by atoms with van der Waals surface area (Å²) in [5.74, 6) is -2.25.